The molecule has 0 fully saturated rings. The highest BCUT2D eigenvalue weighted by Gasteiger charge is 2.30. The lowest BCUT2D eigenvalue weighted by Crippen LogP contribution is -2.17. The normalized spacial score (nSPS) is 12.8. The van der Waals surface area contributed by atoms with E-state index in [0.717, 1.165) is 11.1 Å². The molecule has 0 spiro atoms. The van der Waals surface area contributed by atoms with Gasteiger partial charge in [0.1, 0.15) is 12.1 Å². The first kappa shape index (κ1) is 17.9. The van der Waals surface area contributed by atoms with E-state index in [4.69, 9.17) is 0 Å². The molecule has 0 saturated heterocycles. The quantitative estimate of drug-likeness (QED) is 0.750. The van der Waals surface area contributed by atoms with E-state index in [-0.39, 0.29) is 5.75 Å². The summed E-state index contributed by atoms with van der Waals surface area (Å²) < 4.78 is 41.9. The molecule has 3 aromatic rings. The minimum atomic E-state index is -4.72. The fourth-order valence-corrected chi connectivity index (χ4v) is 2.45. The maximum absolute atomic E-state index is 12.2. The molecule has 0 bridgehead atoms. The van der Waals surface area contributed by atoms with Crippen molar-refractivity contribution in [1.82, 2.24) is 14.8 Å². The van der Waals surface area contributed by atoms with Crippen LogP contribution in [0.1, 0.15) is 12.5 Å². The zero-order chi connectivity index (χ0) is 18.7. The van der Waals surface area contributed by atoms with Crippen molar-refractivity contribution in [2.75, 3.05) is 0 Å². The minimum absolute atomic E-state index is 0.296. The summed E-state index contributed by atoms with van der Waals surface area (Å²) in [6.45, 7) is 1.72. The highest BCUT2D eigenvalue weighted by atomic mass is 19.4. The zero-order valence-electron chi connectivity index (χ0n) is 13.8. The van der Waals surface area contributed by atoms with E-state index in [2.05, 4.69) is 14.8 Å². The Bertz CT molecular complexity index is 857. The molecular weight excluding hydrogens is 347 g/mol. The average molecular weight is 363 g/mol. The van der Waals surface area contributed by atoms with Crippen molar-refractivity contribution in [3.8, 4) is 22.8 Å². The van der Waals surface area contributed by atoms with Crippen LogP contribution in [0.4, 0.5) is 13.2 Å². The molecule has 1 N–H and O–H groups in total. The number of rotatable bonds is 5. The van der Waals surface area contributed by atoms with E-state index >= 15 is 0 Å². The number of hydrogen-bond acceptors (Lipinski definition) is 4. The van der Waals surface area contributed by atoms with E-state index < -0.39 is 12.5 Å². The second-order valence-electron chi connectivity index (χ2n) is 5.80. The molecule has 26 heavy (non-hydrogen) atoms. The van der Waals surface area contributed by atoms with E-state index in [1.54, 1.807) is 6.92 Å². The Hall–Kier alpha value is -2.87. The topological polar surface area (TPSA) is 60.2 Å². The van der Waals surface area contributed by atoms with Crippen LogP contribution < -0.4 is 4.74 Å². The fraction of sp³-hybridized carbons (Fsp3) is 0.222. The van der Waals surface area contributed by atoms with Gasteiger partial charge in [-0.15, -0.1) is 18.3 Å². The molecule has 1 unspecified atom stereocenters. The number of nitrogens with zero attached hydrogens (tertiary/aromatic N) is 3. The first-order valence-electron chi connectivity index (χ1n) is 7.85. The van der Waals surface area contributed by atoms with Crippen molar-refractivity contribution in [2.24, 2.45) is 0 Å². The van der Waals surface area contributed by atoms with Gasteiger partial charge in [-0.25, -0.2) is 9.67 Å². The van der Waals surface area contributed by atoms with Crippen LogP contribution in [0, 0.1) is 0 Å². The second-order valence-corrected chi connectivity index (χ2v) is 5.80. The highest BCUT2D eigenvalue weighted by molar-refractivity contribution is 5.55. The van der Waals surface area contributed by atoms with Crippen molar-refractivity contribution in [3.05, 3.63) is 60.4 Å². The molecule has 0 amide bonds. The van der Waals surface area contributed by atoms with Gasteiger partial charge in [-0.2, -0.15) is 0 Å². The zero-order valence-corrected chi connectivity index (χ0v) is 13.8. The van der Waals surface area contributed by atoms with Gasteiger partial charge < -0.3 is 9.84 Å². The van der Waals surface area contributed by atoms with Crippen LogP contribution >= 0.6 is 0 Å². The first-order valence-corrected chi connectivity index (χ1v) is 7.85. The van der Waals surface area contributed by atoms with Gasteiger partial charge in [0.05, 0.1) is 11.8 Å². The van der Waals surface area contributed by atoms with Gasteiger partial charge in [0.2, 0.25) is 0 Å². The Balaban J connectivity index is 1.75. The third-order valence-electron chi connectivity index (χ3n) is 3.57. The summed E-state index contributed by atoms with van der Waals surface area (Å²) in [6.07, 6.45) is -3.09. The van der Waals surface area contributed by atoms with E-state index in [9.17, 15) is 18.3 Å². The molecule has 3 rings (SSSR count). The van der Waals surface area contributed by atoms with Crippen LogP contribution in [-0.4, -0.2) is 32.3 Å². The lowest BCUT2D eigenvalue weighted by molar-refractivity contribution is -0.274. The molecule has 8 heteroatoms. The Morgan fingerprint density at radius 2 is 1.73 bits per heavy atom. The monoisotopic (exact) mass is 363 g/mol. The van der Waals surface area contributed by atoms with Crippen LogP contribution in [0.3, 0.4) is 0 Å². The summed E-state index contributed by atoms with van der Waals surface area (Å²) >= 11 is 0. The Morgan fingerprint density at radius 3 is 2.31 bits per heavy atom. The van der Waals surface area contributed by atoms with E-state index in [0.29, 0.717) is 17.9 Å². The molecule has 0 aliphatic rings. The standard InChI is InChI=1S/C18H16F3N3O2/c1-12(25)10-13-2-4-14(5-3-13)17-22-11-24(23-17)15-6-8-16(9-7-15)26-18(19,20)21/h2-9,11-12,25H,10H2,1H3. The molecule has 1 heterocycles. The lowest BCUT2D eigenvalue weighted by atomic mass is 10.1. The van der Waals surface area contributed by atoms with E-state index in [1.807, 2.05) is 24.3 Å². The summed E-state index contributed by atoms with van der Waals surface area (Å²) in [5.41, 5.74) is 2.36. The van der Waals surface area contributed by atoms with Gasteiger partial charge in [0, 0.05) is 5.56 Å². The third-order valence-corrected chi connectivity index (χ3v) is 3.57. The van der Waals surface area contributed by atoms with E-state index in [1.165, 1.54) is 35.3 Å². The molecule has 0 aliphatic heterocycles. The maximum Gasteiger partial charge on any atom is 0.573 e. The molecule has 0 radical (unpaired) electrons. The van der Waals surface area contributed by atoms with Crippen molar-refractivity contribution in [3.63, 3.8) is 0 Å². The largest absolute Gasteiger partial charge is 0.573 e. The fourth-order valence-electron chi connectivity index (χ4n) is 2.45. The Labute approximate surface area is 147 Å². The van der Waals surface area contributed by atoms with Crippen molar-refractivity contribution >= 4 is 0 Å². The number of aromatic nitrogens is 3. The predicted molar refractivity (Wildman–Crippen MR) is 88.9 cm³/mol. The van der Waals surface area contributed by atoms with Crippen molar-refractivity contribution in [1.29, 1.82) is 0 Å². The first-order chi connectivity index (χ1) is 12.3. The summed E-state index contributed by atoms with van der Waals surface area (Å²) in [7, 11) is 0. The summed E-state index contributed by atoms with van der Waals surface area (Å²) in [4.78, 5) is 4.23. The summed E-state index contributed by atoms with van der Waals surface area (Å²) in [5.74, 6) is 0.194. The van der Waals surface area contributed by atoms with Gasteiger partial charge in [0.25, 0.3) is 0 Å². The molecule has 1 aromatic heterocycles. The average Bonchev–Trinajstić information content (AvgIpc) is 3.04. The minimum Gasteiger partial charge on any atom is -0.406 e. The Kier molecular flexibility index (Phi) is 4.94. The van der Waals surface area contributed by atoms with Gasteiger partial charge in [-0.05, 0) is 43.2 Å². The molecule has 1 atom stereocenters. The summed E-state index contributed by atoms with van der Waals surface area (Å²) in [5, 5.41) is 13.7. The number of aliphatic hydroxyl groups is 1. The number of halogens is 3. The molecule has 5 nitrogen and oxygen atoms in total. The van der Waals surface area contributed by atoms with Crippen LogP contribution in [0.15, 0.2) is 54.9 Å². The number of aliphatic hydroxyl groups excluding tert-OH is 1. The highest BCUT2D eigenvalue weighted by Crippen LogP contribution is 2.24. The Morgan fingerprint density at radius 1 is 1.08 bits per heavy atom. The maximum atomic E-state index is 12.2. The van der Waals surface area contributed by atoms with Crippen LogP contribution in [0.2, 0.25) is 0 Å². The van der Waals surface area contributed by atoms with Gasteiger partial charge in [0.15, 0.2) is 5.82 Å². The SMILES string of the molecule is CC(O)Cc1ccc(-c2ncn(-c3ccc(OC(F)(F)F)cc3)n2)cc1. The molecule has 0 saturated carbocycles. The van der Waals surface area contributed by atoms with Crippen LogP contribution in [-0.2, 0) is 6.42 Å². The van der Waals surface area contributed by atoms with Gasteiger partial charge >= 0.3 is 6.36 Å². The smallest absolute Gasteiger partial charge is 0.406 e. The molecule has 136 valence electrons. The third kappa shape index (κ3) is 4.60. The van der Waals surface area contributed by atoms with Crippen LogP contribution in [0.25, 0.3) is 17.1 Å². The predicted octanol–water partition coefficient (Wildman–Crippen LogP) is 3.76. The lowest BCUT2D eigenvalue weighted by Gasteiger charge is -2.09. The van der Waals surface area contributed by atoms with Crippen molar-refractivity contribution < 1.29 is 23.0 Å². The van der Waals surface area contributed by atoms with Gasteiger partial charge in [-0.3, -0.25) is 0 Å². The van der Waals surface area contributed by atoms with Crippen LogP contribution in [0.5, 0.6) is 5.75 Å². The number of alkyl halides is 3. The number of ether oxygens (including phenoxy) is 1. The summed E-state index contributed by atoms with van der Waals surface area (Å²) in [6, 6.07) is 12.9. The number of benzene rings is 2. The molecular formula is C18H16F3N3O2. The van der Waals surface area contributed by atoms with Gasteiger partial charge in [-0.1, -0.05) is 24.3 Å². The number of hydrogen-bond donors (Lipinski definition) is 1. The molecule has 2 aromatic carbocycles. The van der Waals surface area contributed by atoms with Crippen molar-refractivity contribution in [2.45, 2.75) is 25.8 Å². The second kappa shape index (κ2) is 7.17. The molecule has 0 aliphatic carbocycles.